The zero-order valence-corrected chi connectivity index (χ0v) is 9.92. The van der Waals surface area contributed by atoms with E-state index in [1.807, 2.05) is 0 Å². The third-order valence-corrected chi connectivity index (χ3v) is 3.72. The number of thiazole rings is 1. The minimum absolute atomic E-state index is 0.172. The smallest absolute Gasteiger partial charge is 0.303 e. The number of aryl methyl sites for hydroxylation is 1. The second-order valence-corrected chi connectivity index (χ2v) is 5.00. The number of rotatable bonds is 4. The molecular weight excluding hydrogens is 224 g/mol. The normalized spacial score (nSPS) is 20.9. The van der Waals surface area contributed by atoms with Gasteiger partial charge in [-0.2, -0.15) is 0 Å². The van der Waals surface area contributed by atoms with E-state index in [4.69, 9.17) is 5.11 Å². The second kappa shape index (κ2) is 5.41. The highest BCUT2D eigenvalue weighted by Crippen LogP contribution is 2.24. The predicted molar refractivity (Wildman–Crippen MR) is 62.7 cm³/mol. The van der Waals surface area contributed by atoms with Crippen LogP contribution in [0.15, 0.2) is 5.38 Å². The molecule has 16 heavy (non-hydrogen) atoms. The zero-order valence-electron chi connectivity index (χ0n) is 9.11. The van der Waals surface area contributed by atoms with Crippen molar-refractivity contribution < 1.29 is 9.90 Å². The van der Waals surface area contributed by atoms with Crippen molar-refractivity contribution in [3.63, 3.8) is 0 Å². The van der Waals surface area contributed by atoms with Gasteiger partial charge in [-0.1, -0.05) is 6.42 Å². The van der Waals surface area contributed by atoms with Crippen LogP contribution in [0.25, 0.3) is 0 Å². The van der Waals surface area contributed by atoms with Gasteiger partial charge in [0.25, 0.3) is 0 Å². The number of aliphatic carboxylic acids is 1. The maximum Gasteiger partial charge on any atom is 0.303 e. The highest BCUT2D eigenvalue weighted by molar-refractivity contribution is 7.09. The van der Waals surface area contributed by atoms with E-state index in [-0.39, 0.29) is 6.42 Å². The van der Waals surface area contributed by atoms with Crippen LogP contribution >= 0.6 is 11.3 Å². The van der Waals surface area contributed by atoms with Crippen molar-refractivity contribution in [1.82, 2.24) is 10.3 Å². The summed E-state index contributed by atoms with van der Waals surface area (Å²) >= 11 is 1.57. The highest BCUT2D eigenvalue weighted by atomic mass is 32.1. The molecule has 0 radical (unpaired) electrons. The summed E-state index contributed by atoms with van der Waals surface area (Å²) in [6.07, 6.45) is 4.35. The Balaban J connectivity index is 1.93. The number of hydrogen-bond donors (Lipinski definition) is 2. The van der Waals surface area contributed by atoms with Gasteiger partial charge in [0, 0.05) is 11.8 Å². The standard InChI is InChI=1S/C11H16N2O2S/c14-11(15)5-4-10-13-9(7-16-10)8-3-1-2-6-12-8/h7-8,12H,1-6H2,(H,14,15). The molecule has 1 saturated heterocycles. The molecule has 1 aromatic rings. The molecular formula is C11H16N2O2S. The average Bonchev–Trinajstić information content (AvgIpc) is 2.76. The average molecular weight is 240 g/mol. The van der Waals surface area contributed by atoms with Crippen LogP contribution < -0.4 is 5.32 Å². The second-order valence-electron chi connectivity index (χ2n) is 4.06. The van der Waals surface area contributed by atoms with Crippen molar-refractivity contribution >= 4 is 17.3 Å². The van der Waals surface area contributed by atoms with Crippen LogP contribution in [-0.2, 0) is 11.2 Å². The molecule has 0 bridgehead atoms. The summed E-state index contributed by atoms with van der Waals surface area (Å²) in [6.45, 7) is 1.06. The Kier molecular flexibility index (Phi) is 3.90. The van der Waals surface area contributed by atoms with Crippen LogP contribution in [0.4, 0.5) is 0 Å². The molecule has 1 atom stereocenters. The lowest BCUT2D eigenvalue weighted by Crippen LogP contribution is -2.26. The first-order chi connectivity index (χ1) is 7.75. The first kappa shape index (κ1) is 11.5. The number of hydrogen-bond acceptors (Lipinski definition) is 4. The highest BCUT2D eigenvalue weighted by Gasteiger charge is 2.17. The van der Waals surface area contributed by atoms with Gasteiger partial charge in [0.2, 0.25) is 0 Å². The van der Waals surface area contributed by atoms with Crippen LogP contribution in [0.2, 0.25) is 0 Å². The Labute approximate surface area is 98.7 Å². The van der Waals surface area contributed by atoms with Crippen LogP contribution in [0, 0.1) is 0 Å². The fourth-order valence-electron chi connectivity index (χ4n) is 1.92. The molecule has 2 N–H and O–H groups in total. The molecule has 1 fully saturated rings. The number of piperidine rings is 1. The largest absolute Gasteiger partial charge is 0.481 e. The number of aromatic nitrogens is 1. The molecule has 0 aromatic carbocycles. The molecule has 0 spiro atoms. The number of carboxylic acids is 1. The molecule has 0 amide bonds. The number of carboxylic acid groups (broad SMARTS) is 1. The molecule has 88 valence electrons. The summed E-state index contributed by atoms with van der Waals surface area (Å²) in [5, 5.41) is 15.0. The minimum atomic E-state index is -0.757. The molecule has 1 aromatic heterocycles. The van der Waals surface area contributed by atoms with E-state index < -0.39 is 5.97 Å². The van der Waals surface area contributed by atoms with Crippen molar-refractivity contribution in [3.05, 3.63) is 16.1 Å². The summed E-state index contributed by atoms with van der Waals surface area (Å²) in [7, 11) is 0. The molecule has 0 aliphatic carbocycles. The summed E-state index contributed by atoms with van der Waals surface area (Å²) in [6, 6.07) is 0.378. The summed E-state index contributed by atoms with van der Waals surface area (Å²) < 4.78 is 0. The molecule has 0 saturated carbocycles. The lowest BCUT2D eigenvalue weighted by atomic mass is 10.0. The van der Waals surface area contributed by atoms with Gasteiger partial charge in [0.05, 0.1) is 23.2 Å². The van der Waals surface area contributed by atoms with Crippen LogP contribution in [0.5, 0.6) is 0 Å². The first-order valence-electron chi connectivity index (χ1n) is 5.65. The van der Waals surface area contributed by atoms with Gasteiger partial charge in [-0.15, -0.1) is 11.3 Å². The SMILES string of the molecule is O=C(O)CCc1nc(C2CCCCN2)cs1. The molecule has 1 aliphatic heterocycles. The Morgan fingerprint density at radius 3 is 3.19 bits per heavy atom. The fraction of sp³-hybridized carbons (Fsp3) is 0.636. The van der Waals surface area contributed by atoms with E-state index in [9.17, 15) is 4.79 Å². The monoisotopic (exact) mass is 240 g/mol. The maximum absolute atomic E-state index is 10.4. The van der Waals surface area contributed by atoms with E-state index in [2.05, 4.69) is 15.7 Å². The lowest BCUT2D eigenvalue weighted by molar-refractivity contribution is -0.136. The van der Waals surface area contributed by atoms with Gasteiger partial charge < -0.3 is 10.4 Å². The number of nitrogens with one attached hydrogen (secondary N) is 1. The Morgan fingerprint density at radius 1 is 1.62 bits per heavy atom. The molecule has 1 aliphatic rings. The van der Waals surface area contributed by atoms with Crippen molar-refractivity contribution in [3.8, 4) is 0 Å². The predicted octanol–water partition coefficient (Wildman–Crippen LogP) is 1.97. The van der Waals surface area contributed by atoms with Crippen LogP contribution in [0.3, 0.4) is 0 Å². The molecule has 2 heterocycles. The third-order valence-electron chi connectivity index (χ3n) is 2.79. The van der Waals surface area contributed by atoms with E-state index in [1.54, 1.807) is 11.3 Å². The Bertz CT molecular complexity index is 359. The van der Waals surface area contributed by atoms with Crippen LogP contribution in [0.1, 0.15) is 42.4 Å². The van der Waals surface area contributed by atoms with Crippen molar-refractivity contribution in [2.45, 2.75) is 38.1 Å². The Morgan fingerprint density at radius 2 is 2.50 bits per heavy atom. The van der Waals surface area contributed by atoms with Crippen molar-refractivity contribution in [1.29, 1.82) is 0 Å². The topological polar surface area (TPSA) is 62.2 Å². The van der Waals surface area contributed by atoms with Gasteiger partial charge >= 0.3 is 5.97 Å². The van der Waals surface area contributed by atoms with Gasteiger partial charge in [-0.25, -0.2) is 4.98 Å². The summed E-state index contributed by atoms with van der Waals surface area (Å²) in [5.74, 6) is -0.757. The third kappa shape index (κ3) is 3.02. The zero-order chi connectivity index (χ0) is 11.4. The van der Waals surface area contributed by atoms with Crippen LogP contribution in [-0.4, -0.2) is 22.6 Å². The Hall–Kier alpha value is -0.940. The van der Waals surface area contributed by atoms with Gasteiger partial charge in [-0.05, 0) is 19.4 Å². The minimum Gasteiger partial charge on any atom is -0.481 e. The van der Waals surface area contributed by atoms with Gasteiger partial charge in [0.15, 0.2) is 0 Å². The molecule has 1 unspecified atom stereocenters. The van der Waals surface area contributed by atoms with E-state index >= 15 is 0 Å². The van der Waals surface area contributed by atoms with E-state index in [0.29, 0.717) is 12.5 Å². The van der Waals surface area contributed by atoms with Gasteiger partial charge in [-0.3, -0.25) is 4.79 Å². The quantitative estimate of drug-likeness (QED) is 0.844. The van der Waals surface area contributed by atoms with Crippen molar-refractivity contribution in [2.75, 3.05) is 6.54 Å². The summed E-state index contributed by atoms with van der Waals surface area (Å²) in [4.78, 5) is 14.9. The fourth-order valence-corrected chi connectivity index (χ4v) is 2.77. The van der Waals surface area contributed by atoms with E-state index in [1.165, 1.54) is 12.8 Å². The maximum atomic E-state index is 10.4. The van der Waals surface area contributed by atoms with Gasteiger partial charge in [0.1, 0.15) is 0 Å². The number of nitrogens with zero attached hydrogens (tertiary/aromatic N) is 1. The lowest BCUT2D eigenvalue weighted by Gasteiger charge is -2.21. The molecule has 4 nitrogen and oxygen atoms in total. The summed E-state index contributed by atoms with van der Waals surface area (Å²) in [5.41, 5.74) is 1.09. The molecule has 2 rings (SSSR count). The number of carbonyl (C=O) groups is 1. The van der Waals surface area contributed by atoms with Crippen molar-refractivity contribution in [2.24, 2.45) is 0 Å². The first-order valence-corrected chi connectivity index (χ1v) is 6.53. The molecule has 5 heteroatoms. The van der Waals surface area contributed by atoms with E-state index in [0.717, 1.165) is 23.7 Å².